The Balaban J connectivity index is 2.32. The molecule has 3 rings (SSSR count). The molecule has 0 aliphatic heterocycles. The minimum atomic E-state index is 0.361. The molecule has 0 radical (unpaired) electrons. The normalized spacial score (nSPS) is 10.9. The molecular formula is C12H10N4S2. The molecule has 90 valence electrons. The Bertz CT molecular complexity index is 741. The van der Waals surface area contributed by atoms with Crippen LogP contribution in [0.4, 0.5) is 0 Å². The highest BCUT2D eigenvalue weighted by atomic mass is 32.1. The predicted octanol–water partition coefficient (Wildman–Crippen LogP) is 2.42. The summed E-state index contributed by atoms with van der Waals surface area (Å²) < 4.78 is 2.95. The Morgan fingerprint density at radius 2 is 2.28 bits per heavy atom. The third-order valence-corrected chi connectivity index (χ3v) is 4.03. The van der Waals surface area contributed by atoms with E-state index in [1.54, 1.807) is 17.7 Å². The molecule has 0 saturated heterocycles. The van der Waals surface area contributed by atoms with Crippen LogP contribution in [-0.2, 0) is 0 Å². The number of aryl methyl sites for hydroxylation is 1. The molecule has 0 fully saturated rings. The number of nitrogens with zero attached hydrogens (tertiary/aromatic N) is 3. The SMILES string of the molecule is Cc1csc2c(-n3cccc3C(N)=S)ncnc12. The summed E-state index contributed by atoms with van der Waals surface area (Å²) in [6, 6.07) is 3.79. The van der Waals surface area contributed by atoms with E-state index in [1.165, 1.54) is 0 Å². The van der Waals surface area contributed by atoms with Crippen molar-refractivity contribution in [2.24, 2.45) is 5.73 Å². The van der Waals surface area contributed by atoms with Crippen molar-refractivity contribution in [3.05, 3.63) is 41.3 Å². The van der Waals surface area contributed by atoms with E-state index in [9.17, 15) is 0 Å². The van der Waals surface area contributed by atoms with Crippen molar-refractivity contribution < 1.29 is 0 Å². The van der Waals surface area contributed by atoms with Crippen molar-refractivity contribution in [1.82, 2.24) is 14.5 Å². The zero-order chi connectivity index (χ0) is 12.7. The molecule has 3 aromatic rings. The smallest absolute Gasteiger partial charge is 0.158 e. The first-order valence-electron chi connectivity index (χ1n) is 5.35. The second kappa shape index (κ2) is 4.15. The van der Waals surface area contributed by atoms with Gasteiger partial charge in [-0.2, -0.15) is 0 Å². The molecule has 4 nitrogen and oxygen atoms in total. The summed E-state index contributed by atoms with van der Waals surface area (Å²) in [7, 11) is 0. The maximum atomic E-state index is 5.72. The quantitative estimate of drug-likeness (QED) is 0.729. The van der Waals surface area contributed by atoms with Gasteiger partial charge in [-0.25, -0.2) is 9.97 Å². The second-order valence-corrected chi connectivity index (χ2v) is 5.24. The zero-order valence-corrected chi connectivity index (χ0v) is 11.3. The highest BCUT2D eigenvalue weighted by Crippen LogP contribution is 2.28. The minimum Gasteiger partial charge on any atom is -0.388 e. The summed E-state index contributed by atoms with van der Waals surface area (Å²) in [5, 5.41) is 2.08. The highest BCUT2D eigenvalue weighted by Gasteiger charge is 2.12. The van der Waals surface area contributed by atoms with Crippen LogP contribution in [0.1, 0.15) is 11.3 Å². The molecule has 0 bridgehead atoms. The van der Waals surface area contributed by atoms with Crippen LogP contribution in [0.5, 0.6) is 0 Å². The van der Waals surface area contributed by atoms with Gasteiger partial charge < -0.3 is 5.73 Å². The predicted molar refractivity (Wildman–Crippen MR) is 77.4 cm³/mol. The average molecular weight is 274 g/mol. The van der Waals surface area contributed by atoms with Gasteiger partial charge in [0.05, 0.1) is 15.9 Å². The number of thiophene rings is 1. The molecule has 3 heterocycles. The highest BCUT2D eigenvalue weighted by molar-refractivity contribution is 7.80. The average Bonchev–Trinajstić information content (AvgIpc) is 2.96. The fraction of sp³-hybridized carbons (Fsp3) is 0.0833. The first-order chi connectivity index (χ1) is 8.68. The summed E-state index contributed by atoms with van der Waals surface area (Å²) in [6.07, 6.45) is 3.48. The van der Waals surface area contributed by atoms with E-state index in [4.69, 9.17) is 18.0 Å². The van der Waals surface area contributed by atoms with E-state index in [1.807, 2.05) is 29.8 Å². The van der Waals surface area contributed by atoms with Crippen molar-refractivity contribution in [2.45, 2.75) is 6.92 Å². The van der Waals surface area contributed by atoms with E-state index in [0.717, 1.165) is 27.3 Å². The van der Waals surface area contributed by atoms with Gasteiger partial charge in [-0.3, -0.25) is 4.57 Å². The van der Waals surface area contributed by atoms with E-state index in [0.29, 0.717) is 4.99 Å². The van der Waals surface area contributed by atoms with Crippen LogP contribution < -0.4 is 5.73 Å². The lowest BCUT2D eigenvalue weighted by Gasteiger charge is -2.07. The minimum absolute atomic E-state index is 0.361. The van der Waals surface area contributed by atoms with Crippen LogP contribution in [0.15, 0.2) is 30.0 Å². The molecule has 0 spiro atoms. The summed E-state index contributed by atoms with van der Waals surface area (Å²) in [5.74, 6) is 0.825. The molecule has 0 amide bonds. The first kappa shape index (κ1) is 11.3. The van der Waals surface area contributed by atoms with Gasteiger partial charge in [0.25, 0.3) is 0 Å². The van der Waals surface area contributed by atoms with E-state index in [-0.39, 0.29) is 0 Å². The molecule has 18 heavy (non-hydrogen) atoms. The lowest BCUT2D eigenvalue weighted by Crippen LogP contribution is -2.15. The van der Waals surface area contributed by atoms with Crippen LogP contribution in [0, 0.1) is 6.92 Å². The van der Waals surface area contributed by atoms with Gasteiger partial charge in [-0.15, -0.1) is 11.3 Å². The lowest BCUT2D eigenvalue weighted by molar-refractivity contribution is 0.999. The van der Waals surface area contributed by atoms with Gasteiger partial charge in [0.1, 0.15) is 11.3 Å². The van der Waals surface area contributed by atoms with Crippen molar-refractivity contribution in [3.63, 3.8) is 0 Å². The van der Waals surface area contributed by atoms with Gasteiger partial charge in [-0.05, 0) is 30.0 Å². The molecule has 0 unspecified atom stereocenters. The zero-order valence-electron chi connectivity index (χ0n) is 9.62. The van der Waals surface area contributed by atoms with Gasteiger partial charge in [0.15, 0.2) is 5.82 Å². The molecule has 0 aromatic carbocycles. The van der Waals surface area contributed by atoms with Crippen LogP contribution in [0.2, 0.25) is 0 Å². The van der Waals surface area contributed by atoms with Gasteiger partial charge >= 0.3 is 0 Å². The van der Waals surface area contributed by atoms with Crippen LogP contribution in [-0.4, -0.2) is 19.5 Å². The van der Waals surface area contributed by atoms with Crippen LogP contribution in [0.25, 0.3) is 16.0 Å². The monoisotopic (exact) mass is 274 g/mol. The van der Waals surface area contributed by atoms with Crippen LogP contribution >= 0.6 is 23.6 Å². The van der Waals surface area contributed by atoms with Crippen molar-refractivity contribution in [3.8, 4) is 5.82 Å². The lowest BCUT2D eigenvalue weighted by atomic mass is 10.3. The summed E-state index contributed by atoms with van der Waals surface area (Å²) in [4.78, 5) is 9.02. The maximum Gasteiger partial charge on any atom is 0.158 e. The molecule has 0 aliphatic carbocycles. The topological polar surface area (TPSA) is 56.7 Å². The Kier molecular flexibility index (Phi) is 2.61. The van der Waals surface area contributed by atoms with E-state index in [2.05, 4.69) is 15.3 Å². The Morgan fingerprint density at radius 1 is 1.44 bits per heavy atom. The van der Waals surface area contributed by atoms with Gasteiger partial charge in [-0.1, -0.05) is 12.2 Å². The third kappa shape index (κ3) is 1.61. The van der Waals surface area contributed by atoms with Crippen molar-refractivity contribution in [1.29, 1.82) is 0 Å². The fourth-order valence-corrected chi connectivity index (χ4v) is 3.05. The Labute approximate surface area is 113 Å². The number of aromatic nitrogens is 3. The second-order valence-electron chi connectivity index (χ2n) is 3.92. The van der Waals surface area contributed by atoms with E-state index >= 15 is 0 Å². The first-order valence-corrected chi connectivity index (χ1v) is 6.63. The van der Waals surface area contributed by atoms with Crippen LogP contribution in [0.3, 0.4) is 0 Å². The number of rotatable bonds is 2. The number of nitrogens with two attached hydrogens (primary N) is 1. The van der Waals surface area contributed by atoms with Crippen molar-refractivity contribution in [2.75, 3.05) is 0 Å². The number of thiocarbonyl (C=S) groups is 1. The Morgan fingerprint density at radius 3 is 3.06 bits per heavy atom. The molecule has 3 aromatic heterocycles. The van der Waals surface area contributed by atoms with Gasteiger partial charge in [0, 0.05) is 6.20 Å². The number of hydrogen-bond donors (Lipinski definition) is 1. The summed E-state index contributed by atoms with van der Waals surface area (Å²) >= 11 is 6.68. The molecule has 0 saturated carbocycles. The Hall–Kier alpha value is -1.79. The number of hydrogen-bond acceptors (Lipinski definition) is 4. The molecule has 0 atom stereocenters. The summed E-state index contributed by atoms with van der Waals surface area (Å²) in [6.45, 7) is 2.04. The maximum absolute atomic E-state index is 5.72. The van der Waals surface area contributed by atoms with E-state index < -0.39 is 0 Å². The van der Waals surface area contributed by atoms with Crippen molar-refractivity contribution >= 4 is 38.8 Å². The molecule has 2 N–H and O–H groups in total. The summed E-state index contributed by atoms with van der Waals surface area (Å²) in [5.41, 5.74) is 8.64. The fourth-order valence-electron chi connectivity index (χ4n) is 1.89. The standard InChI is InChI=1S/C12H10N4S2/c1-7-5-18-10-9(7)14-6-15-12(10)16-4-2-3-8(16)11(13)17/h2-6H,1H3,(H2,13,17). The molecular weight excluding hydrogens is 264 g/mol. The third-order valence-electron chi connectivity index (χ3n) is 2.74. The van der Waals surface area contributed by atoms with Gasteiger partial charge in [0.2, 0.25) is 0 Å². The largest absolute Gasteiger partial charge is 0.388 e. The molecule has 0 aliphatic rings. The molecule has 6 heteroatoms. The number of fused-ring (bicyclic) bond motifs is 1.